The van der Waals surface area contributed by atoms with Crippen LogP contribution in [0.25, 0.3) is 0 Å². The highest BCUT2D eigenvalue weighted by atomic mass is 32.1. The molecule has 1 aromatic heterocycles. The minimum Gasteiger partial charge on any atom is -0.469 e. The monoisotopic (exact) mass is 244 g/mol. The number of aromatic nitrogens is 1. The third-order valence-electron chi connectivity index (χ3n) is 1.92. The lowest BCUT2D eigenvalue weighted by Gasteiger charge is -2.06. The van der Waals surface area contributed by atoms with Crippen LogP contribution in [-0.4, -0.2) is 42.2 Å². The van der Waals surface area contributed by atoms with E-state index in [1.54, 1.807) is 6.20 Å². The van der Waals surface area contributed by atoms with Crippen molar-refractivity contribution in [2.75, 3.05) is 21.2 Å². The Morgan fingerprint density at radius 1 is 1.69 bits per heavy atom. The SMILES string of the molecule is COC(=O)CC(O)c1ncc(CN(C)C)s1. The van der Waals surface area contributed by atoms with E-state index in [-0.39, 0.29) is 6.42 Å². The number of rotatable bonds is 5. The summed E-state index contributed by atoms with van der Waals surface area (Å²) < 4.78 is 4.48. The molecule has 0 bridgehead atoms. The van der Waals surface area contributed by atoms with Crippen LogP contribution in [0.4, 0.5) is 0 Å². The van der Waals surface area contributed by atoms with Crippen LogP contribution < -0.4 is 0 Å². The number of ether oxygens (including phenoxy) is 1. The van der Waals surface area contributed by atoms with Gasteiger partial charge in [0.1, 0.15) is 11.1 Å². The van der Waals surface area contributed by atoms with Crippen LogP contribution in [0.5, 0.6) is 0 Å². The molecule has 0 amide bonds. The molecule has 0 aliphatic heterocycles. The Bertz CT molecular complexity index is 352. The highest BCUT2D eigenvalue weighted by molar-refractivity contribution is 7.11. The van der Waals surface area contributed by atoms with Crippen LogP contribution in [0.3, 0.4) is 0 Å². The van der Waals surface area contributed by atoms with Gasteiger partial charge in [-0.05, 0) is 14.1 Å². The Hall–Kier alpha value is -0.980. The van der Waals surface area contributed by atoms with Gasteiger partial charge in [-0.2, -0.15) is 0 Å². The van der Waals surface area contributed by atoms with Crippen molar-refractivity contribution >= 4 is 17.3 Å². The molecule has 0 radical (unpaired) electrons. The Labute approximate surface area is 98.7 Å². The van der Waals surface area contributed by atoms with E-state index in [0.29, 0.717) is 5.01 Å². The maximum absolute atomic E-state index is 11.0. The molecule has 16 heavy (non-hydrogen) atoms. The molecule has 0 spiro atoms. The first kappa shape index (κ1) is 13.1. The Morgan fingerprint density at radius 3 is 2.94 bits per heavy atom. The van der Waals surface area contributed by atoms with Crippen molar-refractivity contribution in [2.24, 2.45) is 0 Å². The van der Waals surface area contributed by atoms with Crippen LogP contribution in [0.2, 0.25) is 0 Å². The minimum absolute atomic E-state index is 0.0502. The Balaban J connectivity index is 2.59. The second-order valence-corrected chi connectivity index (χ2v) is 4.85. The highest BCUT2D eigenvalue weighted by Gasteiger charge is 2.16. The maximum atomic E-state index is 11.0. The van der Waals surface area contributed by atoms with Crippen LogP contribution >= 0.6 is 11.3 Å². The Morgan fingerprint density at radius 2 is 2.38 bits per heavy atom. The molecule has 1 heterocycles. The fourth-order valence-electron chi connectivity index (χ4n) is 1.19. The van der Waals surface area contributed by atoms with Gasteiger partial charge in [0.05, 0.1) is 13.5 Å². The molecular formula is C10H16N2O3S. The van der Waals surface area contributed by atoms with Crippen molar-refractivity contribution in [3.05, 3.63) is 16.1 Å². The fraction of sp³-hybridized carbons (Fsp3) is 0.600. The predicted molar refractivity (Wildman–Crippen MR) is 61.1 cm³/mol. The lowest BCUT2D eigenvalue weighted by molar-refractivity contribution is -0.142. The van der Waals surface area contributed by atoms with Gasteiger partial charge in [-0.3, -0.25) is 4.79 Å². The van der Waals surface area contributed by atoms with E-state index in [4.69, 9.17) is 0 Å². The number of hydrogen-bond donors (Lipinski definition) is 1. The van der Waals surface area contributed by atoms with E-state index < -0.39 is 12.1 Å². The summed E-state index contributed by atoms with van der Waals surface area (Å²) in [6.45, 7) is 0.780. The number of aliphatic hydroxyl groups excluding tert-OH is 1. The number of nitrogens with zero attached hydrogens (tertiary/aromatic N) is 2. The summed E-state index contributed by atoms with van der Waals surface area (Å²) >= 11 is 1.41. The molecule has 1 rings (SSSR count). The average Bonchev–Trinajstić information content (AvgIpc) is 2.65. The van der Waals surface area contributed by atoms with Crippen LogP contribution in [0.1, 0.15) is 22.4 Å². The molecule has 5 nitrogen and oxygen atoms in total. The molecular weight excluding hydrogens is 228 g/mol. The number of thiazole rings is 1. The molecule has 0 saturated carbocycles. The Kier molecular flexibility index (Phi) is 4.85. The molecule has 0 aromatic carbocycles. The molecule has 0 fully saturated rings. The summed E-state index contributed by atoms with van der Waals surface area (Å²) in [5.41, 5.74) is 0. The molecule has 0 aliphatic rings. The van der Waals surface area contributed by atoms with Gasteiger partial charge in [-0.1, -0.05) is 0 Å². The van der Waals surface area contributed by atoms with Crippen molar-refractivity contribution in [3.63, 3.8) is 0 Å². The fourth-order valence-corrected chi connectivity index (χ4v) is 2.21. The zero-order chi connectivity index (χ0) is 12.1. The topological polar surface area (TPSA) is 62.7 Å². The predicted octanol–water partition coefficient (Wildman–Crippen LogP) is 0.801. The van der Waals surface area contributed by atoms with Crippen LogP contribution in [-0.2, 0) is 16.1 Å². The molecule has 90 valence electrons. The molecule has 1 aromatic rings. The molecule has 1 N–H and O–H groups in total. The van der Waals surface area contributed by atoms with E-state index >= 15 is 0 Å². The first-order valence-corrected chi connectivity index (χ1v) is 5.68. The zero-order valence-electron chi connectivity index (χ0n) is 9.64. The summed E-state index contributed by atoms with van der Waals surface area (Å²) in [4.78, 5) is 18.1. The second-order valence-electron chi connectivity index (χ2n) is 3.70. The largest absolute Gasteiger partial charge is 0.469 e. The van der Waals surface area contributed by atoms with Gasteiger partial charge in [0.2, 0.25) is 0 Å². The summed E-state index contributed by atoms with van der Waals surface area (Å²) in [5.74, 6) is -0.433. The van der Waals surface area contributed by atoms with E-state index in [2.05, 4.69) is 9.72 Å². The highest BCUT2D eigenvalue weighted by Crippen LogP contribution is 2.23. The molecule has 6 heteroatoms. The number of methoxy groups -OCH3 is 1. The number of carbonyl (C=O) groups is 1. The number of carbonyl (C=O) groups excluding carboxylic acids is 1. The van der Waals surface area contributed by atoms with Gasteiger partial charge >= 0.3 is 5.97 Å². The zero-order valence-corrected chi connectivity index (χ0v) is 10.5. The number of esters is 1. The standard InChI is InChI=1S/C10H16N2O3S/c1-12(2)6-7-5-11-10(16-7)8(13)4-9(14)15-3/h5,8,13H,4,6H2,1-3H3. The van der Waals surface area contributed by atoms with Gasteiger partial charge in [0, 0.05) is 17.6 Å². The normalized spacial score (nSPS) is 12.8. The molecule has 1 unspecified atom stereocenters. The van der Waals surface area contributed by atoms with Gasteiger partial charge in [-0.25, -0.2) is 4.98 Å². The number of hydrogen-bond acceptors (Lipinski definition) is 6. The second kappa shape index (κ2) is 5.93. The first-order valence-electron chi connectivity index (χ1n) is 4.87. The van der Waals surface area contributed by atoms with Crippen molar-refractivity contribution in [1.82, 2.24) is 9.88 Å². The molecule has 1 atom stereocenters. The van der Waals surface area contributed by atoms with E-state index in [9.17, 15) is 9.90 Å². The summed E-state index contributed by atoms with van der Waals surface area (Å²) in [6, 6.07) is 0. The first-order chi connectivity index (χ1) is 7.52. The third kappa shape index (κ3) is 3.88. The van der Waals surface area contributed by atoms with Gasteiger partial charge in [0.15, 0.2) is 0 Å². The van der Waals surface area contributed by atoms with Crippen molar-refractivity contribution in [2.45, 2.75) is 19.1 Å². The summed E-state index contributed by atoms with van der Waals surface area (Å²) in [5, 5.41) is 10.3. The van der Waals surface area contributed by atoms with Crippen LogP contribution in [0, 0.1) is 0 Å². The van der Waals surface area contributed by atoms with E-state index in [0.717, 1.165) is 11.4 Å². The number of aliphatic hydroxyl groups is 1. The van der Waals surface area contributed by atoms with Crippen LogP contribution in [0.15, 0.2) is 6.20 Å². The summed E-state index contributed by atoms with van der Waals surface area (Å²) in [7, 11) is 5.23. The summed E-state index contributed by atoms with van der Waals surface area (Å²) in [6.07, 6.45) is 0.805. The quantitative estimate of drug-likeness (QED) is 0.776. The van der Waals surface area contributed by atoms with E-state index in [1.165, 1.54) is 18.4 Å². The van der Waals surface area contributed by atoms with Crippen molar-refractivity contribution in [1.29, 1.82) is 0 Å². The lowest BCUT2D eigenvalue weighted by atomic mass is 10.3. The maximum Gasteiger partial charge on any atom is 0.308 e. The molecule has 0 saturated heterocycles. The van der Waals surface area contributed by atoms with E-state index in [1.807, 2.05) is 19.0 Å². The smallest absolute Gasteiger partial charge is 0.308 e. The average molecular weight is 244 g/mol. The molecule has 0 aliphatic carbocycles. The van der Waals surface area contributed by atoms with Crippen molar-refractivity contribution < 1.29 is 14.6 Å². The van der Waals surface area contributed by atoms with Gasteiger partial charge in [-0.15, -0.1) is 11.3 Å². The minimum atomic E-state index is -0.867. The van der Waals surface area contributed by atoms with Gasteiger partial charge < -0.3 is 14.7 Å². The lowest BCUT2D eigenvalue weighted by Crippen LogP contribution is -2.09. The van der Waals surface area contributed by atoms with Gasteiger partial charge in [0.25, 0.3) is 0 Å². The third-order valence-corrected chi connectivity index (χ3v) is 3.00. The van der Waals surface area contributed by atoms with Crippen molar-refractivity contribution in [3.8, 4) is 0 Å².